The van der Waals surface area contributed by atoms with Crippen molar-refractivity contribution >= 4 is 34.3 Å². The average molecular weight is 267 g/mol. The Bertz CT molecular complexity index is 492. The van der Waals surface area contributed by atoms with Crippen LogP contribution in [0.3, 0.4) is 0 Å². The number of hydrogen-bond acceptors (Lipinski definition) is 5. The van der Waals surface area contributed by atoms with E-state index in [9.17, 15) is 9.59 Å². The van der Waals surface area contributed by atoms with Crippen LogP contribution in [-0.2, 0) is 4.79 Å². The number of methoxy groups -OCH3 is 1. The van der Waals surface area contributed by atoms with Gasteiger partial charge in [-0.05, 0) is 12.1 Å². The van der Waals surface area contributed by atoms with E-state index >= 15 is 0 Å². The minimum Gasteiger partial charge on any atom is -0.497 e. The molecule has 96 valence electrons. The molecule has 1 heterocycles. The van der Waals surface area contributed by atoms with Gasteiger partial charge in [-0.3, -0.25) is 9.59 Å². The van der Waals surface area contributed by atoms with Gasteiger partial charge in [-0.25, -0.2) is 0 Å². The standard InChI is InChI=1S/C11H13N3O3S/c1-17-6-2-3-7(12)8(4-6)13-10(15)9-5-18-11(16)14-9/h2-4,9H,5,12H2,1H3,(H,13,15)(H,14,16)/t9-/m0/s1. The van der Waals surface area contributed by atoms with E-state index in [1.54, 1.807) is 18.2 Å². The highest BCUT2D eigenvalue weighted by Gasteiger charge is 2.28. The molecule has 1 fully saturated rings. The highest BCUT2D eigenvalue weighted by molar-refractivity contribution is 8.14. The minimum absolute atomic E-state index is 0.186. The van der Waals surface area contributed by atoms with Crippen molar-refractivity contribution in [3.63, 3.8) is 0 Å². The Morgan fingerprint density at radius 3 is 3.00 bits per heavy atom. The van der Waals surface area contributed by atoms with E-state index < -0.39 is 6.04 Å². The van der Waals surface area contributed by atoms with Crippen molar-refractivity contribution in [2.45, 2.75) is 6.04 Å². The molecule has 0 unspecified atom stereocenters. The quantitative estimate of drug-likeness (QED) is 0.711. The summed E-state index contributed by atoms with van der Waals surface area (Å²) in [5.74, 6) is 0.742. The van der Waals surface area contributed by atoms with Crippen molar-refractivity contribution in [1.82, 2.24) is 5.32 Å². The maximum Gasteiger partial charge on any atom is 0.279 e. The molecule has 2 amide bonds. The molecule has 0 aromatic heterocycles. The number of nitrogens with one attached hydrogen (secondary N) is 2. The molecule has 0 spiro atoms. The Morgan fingerprint density at radius 2 is 2.39 bits per heavy atom. The fraction of sp³-hybridized carbons (Fsp3) is 0.273. The van der Waals surface area contributed by atoms with Crippen molar-refractivity contribution in [3.05, 3.63) is 18.2 Å². The van der Waals surface area contributed by atoms with Gasteiger partial charge in [0.15, 0.2) is 0 Å². The monoisotopic (exact) mass is 267 g/mol. The SMILES string of the molecule is COc1ccc(N)c(NC(=O)[C@@H]2CSC(=O)N2)c1. The average Bonchev–Trinajstić information content (AvgIpc) is 2.79. The van der Waals surface area contributed by atoms with Gasteiger partial charge < -0.3 is 21.1 Å². The first-order chi connectivity index (χ1) is 8.60. The van der Waals surface area contributed by atoms with E-state index in [0.29, 0.717) is 22.9 Å². The molecule has 0 bridgehead atoms. The first-order valence-electron chi connectivity index (χ1n) is 5.28. The van der Waals surface area contributed by atoms with Crippen LogP contribution < -0.4 is 21.1 Å². The predicted octanol–water partition coefficient (Wildman–Crippen LogP) is 1.04. The zero-order valence-corrected chi connectivity index (χ0v) is 10.5. The Morgan fingerprint density at radius 1 is 1.61 bits per heavy atom. The summed E-state index contributed by atoms with van der Waals surface area (Å²) < 4.78 is 5.05. The van der Waals surface area contributed by atoms with Crippen molar-refractivity contribution in [2.24, 2.45) is 0 Å². The Balaban J connectivity index is 2.09. The van der Waals surface area contributed by atoms with Gasteiger partial charge in [-0.15, -0.1) is 0 Å². The molecule has 2 rings (SSSR count). The summed E-state index contributed by atoms with van der Waals surface area (Å²) in [6, 6.07) is 4.47. The summed E-state index contributed by atoms with van der Waals surface area (Å²) in [4.78, 5) is 22.9. The number of carbonyl (C=O) groups is 2. The van der Waals surface area contributed by atoms with E-state index in [-0.39, 0.29) is 11.1 Å². The lowest BCUT2D eigenvalue weighted by Crippen LogP contribution is -2.38. The van der Waals surface area contributed by atoms with Crippen LogP contribution in [-0.4, -0.2) is 30.1 Å². The zero-order chi connectivity index (χ0) is 13.1. The van der Waals surface area contributed by atoms with E-state index in [4.69, 9.17) is 10.5 Å². The van der Waals surface area contributed by atoms with E-state index in [2.05, 4.69) is 10.6 Å². The number of nitrogens with two attached hydrogens (primary N) is 1. The first kappa shape index (κ1) is 12.6. The molecule has 1 aliphatic heterocycles. The topological polar surface area (TPSA) is 93.4 Å². The number of ether oxygens (including phenoxy) is 1. The molecular formula is C11H13N3O3S. The third-order valence-electron chi connectivity index (χ3n) is 2.51. The van der Waals surface area contributed by atoms with Crippen LogP contribution in [0.5, 0.6) is 5.75 Å². The molecule has 1 aromatic carbocycles. The van der Waals surface area contributed by atoms with Crippen LogP contribution in [0.25, 0.3) is 0 Å². The number of amides is 2. The number of benzene rings is 1. The van der Waals surface area contributed by atoms with E-state index in [0.717, 1.165) is 11.8 Å². The van der Waals surface area contributed by atoms with Gasteiger partial charge >= 0.3 is 0 Å². The second kappa shape index (κ2) is 5.18. The summed E-state index contributed by atoms with van der Waals surface area (Å²) >= 11 is 1.09. The van der Waals surface area contributed by atoms with Crippen molar-refractivity contribution in [3.8, 4) is 5.75 Å². The lowest BCUT2D eigenvalue weighted by Gasteiger charge is -2.13. The first-order valence-corrected chi connectivity index (χ1v) is 6.26. The Kier molecular flexibility index (Phi) is 3.61. The van der Waals surface area contributed by atoms with Gasteiger partial charge in [0.05, 0.1) is 18.5 Å². The van der Waals surface area contributed by atoms with E-state index in [1.807, 2.05) is 0 Å². The number of thioether (sulfide) groups is 1. The largest absolute Gasteiger partial charge is 0.497 e. The lowest BCUT2D eigenvalue weighted by molar-refractivity contribution is -0.117. The van der Waals surface area contributed by atoms with Crippen molar-refractivity contribution < 1.29 is 14.3 Å². The van der Waals surface area contributed by atoms with Crippen LogP contribution in [0.2, 0.25) is 0 Å². The maximum atomic E-state index is 11.9. The van der Waals surface area contributed by atoms with Crippen LogP contribution in [0.1, 0.15) is 0 Å². The summed E-state index contributed by atoms with van der Waals surface area (Å²) in [7, 11) is 1.53. The molecule has 1 aromatic rings. The number of hydrogen-bond donors (Lipinski definition) is 3. The molecule has 0 radical (unpaired) electrons. The molecule has 0 aliphatic carbocycles. The van der Waals surface area contributed by atoms with Gasteiger partial charge in [-0.1, -0.05) is 11.8 Å². The van der Waals surface area contributed by atoms with Crippen LogP contribution in [0, 0.1) is 0 Å². The van der Waals surface area contributed by atoms with Gasteiger partial charge in [-0.2, -0.15) is 0 Å². The molecule has 0 saturated carbocycles. The molecule has 6 nitrogen and oxygen atoms in total. The summed E-state index contributed by atoms with van der Waals surface area (Å²) in [6.45, 7) is 0. The molecule has 1 atom stereocenters. The highest BCUT2D eigenvalue weighted by Crippen LogP contribution is 2.25. The zero-order valence-electron chi connectivity index (χ0n) is 9.73. The number of rotatable bonds is 3. The molecule has 1 aliphatic rings. The summed E-state index contributed by atoms with van der Waals surface area (Å²) in [6.07, 6.45) is 0. The second-order valence-corrected chi connectivity index (χ2v) is 4.73. The molecule has 18 heavy (non-hydrogen) atoms. The molecule has 1 saturated heterocycles. The summed E-state index contributed by atoms with van der Waals surface area (Å²) in [5, 5.41) is 5.05. The third kappa shape index (κ3) is 2.67. The fourth-order valence-corrected chi connectivity index (χ4v) is 2.29. The maximum absolute atomic E-state index is 11.9. The van der Waals surface area contributed by atoms with Crippen LogP contribution in [0.4, 0.5) is 16.2 Å². The van der Waals surface area contributed by atoms with E-state index in [1.165, 1.54) is 7.11 Å². The Hall–Kier alpha value is -1.89. The molecular weight excluding hydrogens is 254 g/mol. The van der Waals surface area contributed by atoms with Crippen LogP contribution >= 0.6 is 11.8 Å². The van der Waals surface area contributed by atoms with Gasteiger partial charge in [0.1, 0.15) is 11.8 Å². The third-order valence-corrected chi connectivity index (χ3v) is 3.39. The highest BCUT2D eigenvalue weighted by atomic mass is 32.2. The van der Waals surface area contributed by atoms with Crippen molar-refractivity contribution in [2.75, 3.05) is 23.9 Å². The molecule has 4 N–H and O–H groups in total. The molecule has 7 heteroatoms. The fourth-order valence-electron chi connectivity index (χ4n) is 1.52. The smallest absolute Gasteiger partial charge is 0.279 e. The minimum atomic E-state index is -0.520. The number of carbonyl (C=O) groups excluding carboxylic acids is 2. The van der Waals surface area contributed by atoms with Crippen LogP contribution in [0.15, 0.2) is 18.2 Å². The summed E-state index contributed by atoms with van der Waals surface area (Å²) in [5.41, 5.74) is 6.68. The van der Waals surface area contributed by atoms with Crippen molar-refractivity contribution in [1.29, 1.82) is 0 Å². The van der Waals surface area contributed by atoms with Gasteiger partial charge in [0.25, 0.3) is 5.24 Å². The lowest BCUT2D eigenvalue weighted by atomic mass is 10.2. The Labute approximate surface area is 108 Å². The number of anilines is 2. The van der Waals surface area contributed by atoms with Gasteiger partial charge in [0.2, 0.25) is 5.91 Å². The normalized spacial score (nSPS) is 18.3. The number of nitrogen functional groups attached to an aromatic ring is 1. The predicted molar refractivity (Wildman–Crippen MR) is 70.8 cm³/mol. The second-order valence-electron chi connectivity index (χ2n) is 3.74. The van der Waals surface area contributed by atoms with Gasteiger partial charge in [0, 0.05) is 11.8 Å².